The van der Waals surface area contributed by atoms with Gasteiger partial charge in [-0.05, 0) is 17.2 Å². The Morgan fingerprint density at radius 1 is 0.619 bits per heavy atom. The minimum Gasteiger partial charge on any atom is -0.490 e. The highest BCUT2D eigenvalue weighted by Crippen LogP contribution is 2.36. The molecule has 0 unspecified atom stereocenters. The van der Waals surface area contributed by atoms with Crippen LogP contribution in [0.3, 0.4) is 0 Å². The lowest BCUT2D eigenvalue weighted by molar-refractivity contribution is 0.466. The molecule has 21 heavy (non-hydrogen) atoms. The molecule has 0 amide bonds. The summed E-state index contributed by atoms with van der Waals surface area (Å²) in [6, 6.07) is 29.0. The highest BCUT2D eigenvalue weighted by atomic mass is 16.5. The lowest BCUT2D eigenvalue weighted by Gasteiger charge is -2.21. The van der Waals surface area contributed by atoms with Crippen molar-refractivity contribution in [1.82, 2.24) is 0 Å². The van der Waals surface area contributed by atoms with Crippen LogP contribution in [0, 0.1) is 7.11 Å². The second kappa shape index (κ2) is 6.27. The summed E-state index contributed by atoms with van der Waals surface area (Å²) in [4.78, 5) is 0. The van der Waals surface area contributed by atoms with Crippen molar-refractivity contribution in [3.63, 3.8) is 0 Å². The van der Waals surface area contributed by atoms with Crippen LogP contribution in [-0.4, -0.2) is 0 Å². The van der Waals surface area contributed by atoms with Crippen LogP contribution < -0.4 is 4.74 Å². The fourth-order valence-corrected chi connectivity index (χ4v) is 2.69. The van der Waals surface area contributed by atoms with Crippen molar-refractivity contribution < 1.29 is 4.74 Å². The summed E-state index contributed by atoms with van der Waals surface area (Å²) >= 11 is 0. The Hall–Kier alpha value is -2.54. The molecule has 1 nitrogen and oxygen atoms in total. The smallest absolute Gasteiger partial charge is 0.123 e. The minimum absolute atomic E-state index is 0.144. The van der Waals surface area contributed by atoms with Crippen molar-refractivity contribution in [2.75, 3.05) is 0 Å². The van der Waals surface area contributed by atoms with Gasteiger partial charge in [0.1, 0.15) is 12.9 Å². The molecule has 0 spiro atoms. The number of rotatable bonds is 4. The standard InChI is InChI=1S/C20H17O/c1-21-19-15-9-8-14-18(19)20(16-10-4-2-5-11-16)17-12-6-3-7-13-17/h2-15,20H,1H2. The van der Waals surface area contributed by atoms with Gasteiger partial charge in [0.2, 0.25) is 0 Å². The van der Waals surface area contributed by atoms with Crippen LogP contribution in [0.5, 0.6) is 5.75 Å². The highest BCUT2D eigenvalue weighted by Gasteiger charge is 2.19. The summed E-state index contributed by atoms with van der Waals surface area (Å²) in [5, 5.41) is 0. The summed E-state index contributed by atoms with van der Waals surface area (Å²) < 4.78 is 5.32. The molecule has 0 aliphatic heterocycles. The maximum Gasteiger partial charge on any atom is 0.123 e. The highest BCUT2D eigenvalue weighted by molar-refractivity contribution is 5.48. The number of hydrogen-bond donors (Lipinski definition) is 0. The van der Waals surface area contributed by atoms with Crippen molar-refractivity contribution in [3.05, 3.63) is 109 Å². The van der Waals surface area contributed by atoms with Crippen molar-refractivity contribution in [1.29, 1.82) is 0 Å². The largest absolute Gasteiger partial charge is 0.490 e. The lowest BCUT2D eigenvalue weighted by atomic mass is 9.85. The zero-order valence-electron chi connectivity index (χ0n) is 11.8. The topological polar surface area (TPSA) is 9.23 Å². The van der Waals surface area contributed by atoms with Gasteiger partial charge < -0.3 is 4.74 Å². The first-order valence-corrected chi connectivity index (χ1v) is 7.01. The first-order chi connectivity index (χ1) is 10.4. The molecule has 3 aromatic rings. The maximum absolute atomic E-state index is 5.32. The van der Waals surface area contributed by atoms with Gasteiger partial charge in [0.25, 0.3) is 0 Å². The Morgan fingerprint density at radius 2 is 1.10 bits per heavy atom. The van der Waals surface area contributed by atoms with E-state index in [1.54, 1.807) is 0 Å². The van der Waals surface area contributed by atoms with E-state index in [9.17, 15) is 0 Å². The first-order valence-electron chi connectivity index (χ1n) is 7.01. The second-order valence-electron chi connectivity index (χ2n) is 4.94. The normalized spacial score (nSPS) is 10.6. The third kappa shape index (κ3) is 2.82. The van der Waals surface area contributed by atoms with Crippen LogP contribution in [0.15, 0.2) is 84.9 Å². The van der Waals surface area contributed by atoms with E-state index in [0.717, 1.165) is 11.3 Å². The third-order valence-corrected chi connectivity index (χ3v) is 3.65. The van der Waals surface area contributed by atoms with Gasteiger partial charge in [-0.3, -0.25) is 0 Å². The zero-order chi connectivity index (χ0) is 14.5. The van der Waals surface area contributed by atoms with E-state index in [2.05, 4.69) is 61.7 Å². The van der Waals surface area contributed by atoms with Gasteiger partial charge in [-0.25, -0.2) is 0 Å². The Labute approximate surface area is 125 Å². The summed E-state index contributed by atoms with van der Waals surface area (Å²) in [5.74, 6) is 0.959. The average molecular weight is 273 g/mol. The molecule has 103 valence electrons. The molecule has 0 fully saturated rings. The molecule has 1 radical (unpaired) electrons. The molecule has 1 heteroatoms. The van der Waals surface area contributed by atoms with E-state index in [1.807, 2.05) is 30.3 Å². The van der Waals surface area contributed by atoms with Crippen LogP contribution in [0.1, 0.15) is 22.6 Å². The van der Waals surface area contributed by atoms with E-state index >= 15 is 0 Å². The predicted octanol–water partition coefficient (Wildman–Crippen LogP) is 5.04. The van der Waals surface area contributed by atoms with E-state index in [-0.39, 0.29) is 5.92 Å². The van der Waals surface area contributed by atoms with Gasteiger partial charge in [0.15, 0.2) is 0 Å². The molecule has 0 heterocycles. The summed E-state index contributed by atoms with van der Waals surface area (Å²) in [7, 11) is 3.59. The molecule has 0 aromatic heterocycles. The van der Waals surface area contributed by atoms with Gasteiger partial charge in [-0.1, -0.05) is 78.9 Å². The Balaban J connectivity index is 2.17. The summed E-state index contributed by atoms with van der Waals surface area (Å²) in [6.45, 7) is 0. The van der Waals surface area contributed by atoms with Crippen molar-refractivity contribution >= 4 is 0 Å². The fraction of sp³-hybridized carbons (Fsp3) is 0.0500. The Bertz CT molecular complexity index is 650. The molecule has 0 atom stereocenters. The maximum atomic E-state index is 5.32. The molecule has 0 saturated carbocycles. The van der Waals surface area contributed by atoms with E-state index in [4.69, 9.17) is 4.74 Å². The minimum atomic E-state index is 0.144. The van der Waals surface area contributed by atoms with Crippen molar-refractivity contribution in [2.45, 2.75) is 5.92 Å². The Morgan fingerprint density at radius 3 is 1.62 bits per heavy atom. The average Bonchev–Trinajstić information content (AvgIpc) is 2.58. The molecular weight excluding hydrogens is 256 g/mol. The molecule has 0 aliphatic rings. The molecule has 3 rings (SSSR count). The van der Waals surface area contributed by atoms with Crippen LogP contribution >= 0.6 is 0 Å². The third-order valence-electron chi connectivity index (χ3n) is 3.65. The number of benzene rings is 3. The van der Waals surface area contributed by atoms with Crippen molar-refractivity contribution in [3.8, 4) is 5.75 Å². The van der Waals surface area contributed by atoms with E-state index in [0.29, 0.717) is 0 Å². The number of para-hydroxylation sites is 1. The van der Waals surface area contributed by atoms with Gasteiger partial charge >= 0.3 is 0 Å². The molecule has 0 bridgehead atoms. The molecule has 0 aliphatic carbocycles. The van der Waals surface area contributed by atoms with Gasteiger partial charge in [-0.15, -0.1) is 0 Å². The van der Waals surface area contributed by atoms with Crippen LogP contribution in [0.4, 0.5) is 0 Å². The summed E-state index contributed by atoms with van der Waals surface area (Å²) in [5.41, 5.74) is 3.62. The fourth-order valence-electron chi connectivity index (χ4n) is 2.69. The molecular formula is C20H17O. The SMILES string of the molecule is [CH2]Oc1ccccc1C(c1ccccc1)c1ccccc1. The second-order valence-corrected chi connectivity index (χ2v) is 4.94. The Kier molecular flexibility index (Phi) is 4.02. The molecule has 3 aromatic carbocycles. The molecule has 0 saturated heterocycles. The summed E-state index contributed by atoms with van der Waals surface area (Å²) in [6.07, 6.45) is 0. The zero-order valence-corrected chi connectivity index (χ0v) is 11.8. The van der Waals surface area contributed by atoms with Crippen LogP contribution in [0.25, 0.3) is 0 Å². The number of hydrogen-bond acceptors (Lipinski definition) is 1. The van der Waals surface area contributed by atoms with Gasteiger partial charge in [0.05, 0.1) is 0 Å². The van der Waals surface area contributed by atoms with E-state index < -0.39 is 0 Å². The van der Waals surface area contributed by atoms with E-state index in [1.165, 1.54) is 11.1 Å². The first kappa shape index (κ1) is 13.4. The predicted molar refractivity (Wildman–Crippen MR) is 86.3 cm³/mol. The van der Waals surface area contributed by atoms with Crippen molar-refractivity contribution in [2.24, 2.45) is 0 Å². The lowest BCUT2D eigenvalue weighted by Crippen LogP contribution is -2.04. The number of ether oxygens (including phenoxy) is 1. The van der Waals surface area contributed by atoms with Crippen LogP contribution in [0.2, 0.25) is 0 Å². The quantitative estimate of drug-likeness (QED) is 0.605. The van der Waals surface area contributed by atoms with Gasteiger partial charge in [0, 0.05) is 11.5 Å². The van der Waals surface area contributed by atoms with Gasteiger partial charge in [-0.2, -0.15) is 0 Å². The monoisotopic (exact) mass is 273 g/mol. The van der Waals surface area contributed by atoms with Crippen LogP contribution in [-0.2, 0) is 0 Å². The molecule has 0 N–H and O–H groups in total.